The van der Waals surface area contributed by atoms with Crippen molar-refractivity contribution in [1.29, 1.82) is 0 Å². The summed E-state index contributed by atoms with van der Waals surface area (Å²) in [6.45, 7) is 4.80. The van der Waals surface area contributed by atoms with Crippen molar-refractivity contribution < 1.29 is 24.5 Å². The third kappa shape index (κ3) is 43.5. The van der Waals surface area contributed by atoms with E-state index in [-0.39, 0.29) is 18.5 Å². The first kappa shape index (κ1) is 55.1. The van der Waals surface area contributed by atoms with Crippen molar-refractivity contribution in [1.82, 2.24) is 5.32 Å². The second-order valence-corrected chi connectivity index (χ2v) is 16.8. The summed E-state index contributed by atoms with van der Waals surface area (Å²) < 4.78 is 5.43. The van der Waals surface area contributed by atoms with Gasteiger partial charge in [-0.1, -0.05) is 192 Å². The molecule has 57 heavy (non-hydrogen) atoms. The van der Waals surface area contributed by atoms with Gasteiger partial charge in [0.15, 0.2) is 0 Å². The number of aliphatic hydroxyl groups excluding tert-OH is 2. The number of unbranched alkanes of at least 4 members (excludes halogenated alkanes) is 30. The molecule has 0 fully saturated rings. The second kappa shape index (κ2) is 46.8. The first-order valence-electron chi connectivity index (χ1n) is 24.8. The largest absolute Gasteiger partial charge is 0.466 e. The quantitative estimate of drug-likeness (QED) is 0.0324. The van der Waals surface area contributed by atoms with E-state index in [2.05, 4.69) is 43.5 Å². The van der Waals surface area contributed by atoms with Crippen molar-refractivity contribution in [3.8, 4) is 0 Å². The molecule has 6 nitrogen and oxygen atoms in total. The zero-order valence-corrected chi connectivity index (χ0v) is 37.8. The molecule has 0 saturated carbocycles. The van der Waals surface area contributed by atoms with E-state index in [0.29, 0.717) is 19.4 Å². The fraction of sp³-hybridized carbons (Fsp3) is 0.843. The number of rotatable bonds is 45. The molecule has 2 unspecified atom stereocenters. The van der Waals surface area contributed by atoms with Crippen LogP contribution in [0.5, 0.6) is 0 Å². The van der Waals surface area contributed by atoms with Gasteiger partial charge in [0.2, 0.25) is 5.91 Å². The summed E-state index contributed by atoms with van der Waals surface area (Å²) >= 11 is 0. The topological polar surface area (TPSA) is 95.9 Å². The minimum Gasteiger partial charge on any atom is -0.466 e. The Labute approximate surface area is 353 Å². The van der Waals surface area contributed by atoms with E-state index in [4.69, 9.17) is 4.74 Å². The Kier molecular flexibility index (Phi) is 45.2. The van der Waals surface area contributed by atoms with Crippen LogP contribution in [0.25, 0.3) is 0 Å². The van der Waals surface area contributed by atoms with Crippen molar-refractivity contribution in [2.75, 3.05) is 13.2 Å². The lowest BCUT2D eigenvalue weighted by Gasteiger charge is -2.20. The Morgan fingerprint density at radius 2 is 0.825 bits per heavy atom. The minimum absolute atomic E-state index is 0.0412. The number of hydrogen-bond donors (Lipinski definition) is 3. The SMILES string of the molecule is CCCCCCCCC/C=C\CCCCCCCC(=O)OCCCC/C=C\CCCCCCCC(=O)NC(CO)C(O)/C=C/CCCCCCCCCCCCC. The Morgan fingerprint density at radius 1 is 0.474 bits per heavy atom. The maximum atomic E-state index is 12.4. The van der Waals surface area contributed by atoms with E-state index in [9.17, 15) is 19.8 Å². The smallest absolute Gasteiger partial charge is 0.305 e. The van der Waals surface area contributed by atoms with Gasteiger partial charge >= 0.3 is 5.97 Å². The summed E-state index contributed by atoms with van der Waals surface area (Å²) in [5, 5.41) is 23.0. The number of carbonyl (C=O) groups is 2. The Bertz CT molecular complexity index is 931. The number of aliphatic hydroxyl groups is 2. The molecule has 0 aromatic rings. The second-order valence-electron chi connectivity index (χ2n) is 16.8. The fourth-order valence-corrected chi connectivity index (χ4v) is 7.27. The molecule has 334 valence electrons. The van der Waals surface area contributed by atoms with Crippen molar-refractivity contribution in [2.24, 2.45) is 0 Å². The summed E-state index contributed by atoms with van der Waals surface area (Å²) in [6.07, 6.45) is 55.7. The van der Waals surface area contributed by atoms with Crippen molar-refractivity contribution in [2.45, 2.75) is 264 Å². The monoisotopic (exact) mass is 802 g/mol. The summed E-state index contributed by atoms with van der Waals surface area (Å²) in [5.74, 6) is -0.140. The number of hydrogen-bond acceptors (Lipinski definition) is 5. The zero-order chi connectivity index (χ0) is 41.5. The Balaban J connectivity index is 3.56. The molecular formula is C51H95NO5. The fourth-order valence-electron chi connectivity index (χ4n) is 7.27. The van der Waals surface area contributed by atoms with Crippen molar-refractivity contribution in [3.05, 3.63) is 36.5 Å². The molecule has 1 amide bonds. The van der Waals surface area contributed by atoms with Crippen LogP contribution in [0.1, 0.15) is 251 Å². The van der Waals surface area contributed by atoms with E-state index >= 15 is 0 Å². The Morgan fingerprint density at radius 3 is 1.25 bits per heavy atom. The van der Waals surface area contributed by atoms with Gasteiger partial charge in [-0.2, -0.15) is 0 Å². The van der Waals surface area contributed by atoms with Crippen LogP contribution in [-0.2, 0) is 14.3 Å². The standard InChI is InChI=1S/C51H95NO5/c1-3-5-7-9-11-13-15-17-18-19-21-25-29-33-37-41-45-51(56)57-46-42-38-34-30-26-22-24-28-32-36-40-44-50(55)52-48(47-53)49(54)43-39-35-31-27-23-20-16-14-12-10-8-6-4-2/h18-19,26,30,39,43,48-49,53-54H,3-17,20-25,27-29,31-38,40-42,44-47H2,1-2H3,(H,52,55)/b19-18-,30-26-,43-39+. The summed E-state index contributed by atoms with van der Waals surface area (Å²) in [7, 11) is 0. The lowest BCUT2D eigenvalue weighted by atomic mass is 10.0. The summed E-state index contributed by atoms with van der Waals surface area (Å²) in [4.78, 5) is 24.4. The molecule has 0 radical (unpaired) electrons. The van der Waals surface area contributed by atoms with Crippen LogP contribution in [0.4, 0.5) is 0 Å². The van der Waals surface area contributed by atoms with Crippen molar-refractivity contribution >= 4 is 11.9 Å². The highest BCUT2D eigenvalue weighted by atomic mass is 16.5. The highest BCUT2D eigenvalue weighted by Crippen LogP contribution is 2.14. The van der Waals surface area contributed by atoms with E-state index in [1.54, 1.807) is 6.08 Å². The van der Waals surface area contributed by atoms with Crippen LogP contribution in [0.3, 0.4) is 0 Å². The normalized spacial score (nSPS) is 13.0. The molecule has 3 N–H and O–H groups in total. The highest BCUT2D eigenvalue weighted by Gasteiger charge is 2.18. The predicted octanol–water partition coefficient (Wildman–Crippen LogP) is 14.5. The first-order valence-corrected chi connectivity index (χ1v) is 24.8. The summed E-state index contributed by atoms with van der Waals surface area (Å²) in [6, 6.07) is -0.648. The molecule has 0 heterocycles. The third-order valence-corrected chi connectivity index (χ3v) is 11.1. The molecule has 0 aliphatic rings. The number of nitrogens with one attached hydrogen (secondary N) is 1. The maximum absolute atomic E-state index is 12.4. The van der Waals surface area contributed by atoms with Gasteiger partial charge in [0.25, 0.3) is 0 Å². The van der Waals surface area contributed by atoms with Gasteiger partial charge < -0.3 is 20.3 Å². The van der Waals surface area contributed by atoms with E-state index < -0.39 is 12.1 Å². The van der Waals surface area contributed by atoms with E-state index in [1.807, 2.05) is 6.08 Å². The van der Waals surface area contributed by atoms with E-state index in [1.165, 1.54) is 141 Å². The van der Waals surface area contributed by atoms with Crippen molar-refractivity contribution in [3.63, 3.8) is 0 Å². The molecule has 0 saturated heterocycles. The van der Waals surface area contributed by atoms with Gasteiger partial charge in [0, 0.05) is 12.8 Å². The number of carbonyl (C=O) groups excluding carboxylic acids is 2. The molecule has 2 atom stereocenters. The average Bonchev–Trinajstić information content (AvgIpc) is 3.21. The van der Waals surface area contributed by atoms with Crippen LogP contribution < -0.4 is 5.32 Å². The highest BCUT2D eigenvalue weighted by molar-refractivity contribution is 5.76. The van der Waals surface area contributed by atoms with E-state index in [0.717, 1.165) is 83.5 Å². The number of amides is 1. The predicted molar refractivity (Wildman–Crippen MR) is 246 cm³/mol. The number of esters is 1. The molecule has 0 aliphatic heterocycles. The molecule has 0 spiro atoms. The van der Waals surface area contributed by atoms with Gasteiger partial charge in [-0.25, -0.2) is 0 Å². The molecular weight excluding hydrogens is 707 g/mol. The number of ether oxygens (including phenoxy) is 1. The minimum atomic E-state index is -0.862. The molecule has 0 bridgehead atoms. The maximum Gasteiger partial charge on any atom is 0.305 e. The van der Waals surface area contributed by atoms with Gasteiger partial charge in [-0.3, -0.25) is 9.59 Å². The van der Waals surface area contributed by atoms with Crippen LogP contribution in [-0.4, -0.2) is 47.4 Å². The zero-order valence-electron chi connectivity index (χ0n) is 37.8. The van der Waals surface area contributed by atoms with Crippen LogP contribution in [0.2, 0.25) is 0 Å². The molecule has 0 aromatic carbocycles. The lowest BCUT2D eigenvalue weighted by molar-refractivity contribution is -0.143. The van der Waals surface area contributed by atoms with Gasteiger partial charge in [0.1, 0.15) is 0 Å². The van der Waals surface area contributed by atoms with Gasteiger partial charge in [0.05, 0.1) is 25.4 Å². The molecule has 0 rings (SSSR count). The molecule has 6 heteroatoms. The van der Waals surface area contributed by atoms with Crippen LogP contribution in [0, 0.1) is 0 Å². The lowest BCUT2D eigenvalue weighted by Crippen LogP contribution is -2.45. The molecule has 0 aliphatic carbocycles. The Hall–Kier alpha value is -1.92. The van der Waals surface area contributed by atoms with Crippen LogP contribution in [0.15, 0.2) is 36.5 Å². The molecule has 0 aromatic heterocycles. The average molecular weight is 802 g/mol. The van der Waals surface area contributed by atoms with Gasteiger partial charge in [-0.15, -0.1) is 0 Å². The third-order valence-electron chi connectivity index (χ3n) is 11.1. The number of allylic oxidation sites excluding steroid dienone is 5. The first-order chi connectivity index (χ1) is 28.0. The van der Waals surface area contributed by atoms with Crippen LogP contribution >= 0.6 is 0 Å². The van der Waals surface area contributed by atoms with Gasteiger partial charge in [-0.05, 0) is 83.5 Å². The summed E-state index contributed by atoms with van der Waals surface area (Å²) in [5.41, 5.74) is 0.